The molecule has 0 aliphatic heterocycles. The van der Waals surface area contributed by atoms with Gasteiger partial charge in [-0.25, -0.2) is 4.39 Å². The van der Waals surface area contributed by atoms with Crippen LogP contribution in [0.1, 0.15) is 22.9 Å². The highest BCUT2D eigenvalue weighted by Gasteiger charge is 2.12. The molecule has 2 nitrogen and oxygen atoms in total. The molecule has 0 aliphatic carbocycles. The number of nitrogens with two attached hydrogens (primary N) is 1. The Kier molecular flexibility index (Phi) is 3.64. The maximum atomic E-state index is 13.1. The van der Waals surface area contributed by atoms with Crippen LogP contribution in [-0.2, 0) is 6.42 Å². The molecule has 4 heteroatoms. The molecule has 0 radical (unpaired) electrons. The minimum Gasteiger partial charge on any atom is -0.469 e. The van der Waals surface area contributed by atoms with Crippen molar-refractivity contribution in [3.05, 3.63) is 57.7 Å². The van der Waals surface area contributed by atoms with E-state index in [0.29, 0.717) is 10.9 Å². The summed E-state index contributed by atoms with van der Waals surface area (Å²) in [4.78, 5) is 0. The third-order valence-electron chi connectivity index (χ3n) is 2.74. The van der Waals surface area contributed by atoms with Gasteiger partial charge in [0.25, 0.3) is 0 Å². The summed E-state index contributed by atoms with van der Waals surface area (Å²) in [5.74, 6) is 0.570. The summed E-state index contributed by atoms with van der Waals surface area (Å²) in [5.41, 5.74) is 8.07. The summed E-state index contributed by atoms with van der Waals surface area (Å²) >= 11 is 3.16. The van der Waals surface area contributed by atoms with Crippen molar-refractivity contribution in [3.63, 3.8) is 0 Å². The van der Waals surface area contributed by atoms with E-state index in [1.54, 1.807) is 18.4 Å². The fourth-order valence-electron chi connectivity index (χ4n) is 1.81. The molecule has 17 heavy (non-hydrogen) atoms. The van der Waals surface area contributed by atoms with Crippen molar-refractivity contribution in [2.75, 3.05) is 0 Å². The van der Waals surface area contributed by atoms with Crippen LogP contribution in [0.5, 0.6) is 0 Å². The molecule has 2 N–H and O–H groups in total. The van der Waals surface area contributed by atoms with Gasteiger partial charge in [-0.2, -0.15) is 0 Å². The zero-order chi connectivity index (χ0) is 12.4. The Morgan fingerprint density at radius 1 is 1.41 bits per heavy atom. The van der Waals surface area contributed by atoms with E-state index in [2.05, 4.69) is 15.9 Å². The van der Waals surface area contributed by atoms with Crippen molar-refractivity contribution in [1.29, 1.82) is 0 Å². The monoisotopic (exact) mass is 297 g/mol. The number of benzene rings is 1. The normalized spacial score (nSPS) is 12.7. The second-order valence-corrected chi connectivity index (χ2v) is 4.85. The van der Waals surface area contributed by atoms with Crippen molar-refractivity contribution in [2.24, 2.45) is 5.73 Å². The van der Waals surface area contributed by atoms with Gasteiger partial charge in [0.15, 0.2) is 0 Å². The van der Waals surface area contributed by atoms with Crippen LogP contribution in [0, 0.1) is 12.7 Å². The van der Waals surface area contributed by atoms with Gasteiger partial charge in [0, 0.05) is 11.6 Å². The minimum atomic E-state index is -0.262. The summed E-state index contributed by atoms with van der Waals surface area (Å²) in [5, 5.41) is 0. The SMILES string of the molecule is Cc1occc1C(N)Cc1ccc(F)c(Br)c1. The standard InChI is InChI=1S/C13H13BrFNO/c1-8-10(4-5-17-8)13(16)7-9-2-3-12(15)11(14)6-9/h2-6,13H,7,16H2,1H3. The molecule has 0 bridgehead atoms. The molecule has 0 saturated heterocycles. The molecular formula is C13H13BrFNO. The van der Waals surface area contributed by atoms with E-state index < -0.39 is 0 Å². The van der Waals surface area contributed by atoms with Gasteiger partial charge in [-0.1, -0.05) is 6.07 Å². The smallest absolute Gasteiger partial charge is 0.137 e. The number of hydrogen-bond acceptors (Lipinski definition) is 2. The Hall–Kier alpha value is -1.13. The van der Waals surface area contributed by atoms with Crippen LogP contribution in [0.2, 0.25) is 0 Å². The minimum absolute atomic E-state index is 0.133. The van der Waals surface area contributed by atoms with Crippen molar-refractivity contribution in [1.82, 2.24) is 0 Å². The summed E-state index contributed by atoms with van der Waals surface area (Å²) in [6, 6.07) is 6.68. The first kappa shape index (κ1) is 12.3. The Labute approximate surface area is 108 Å². The molecule has 1 aromatic carbocycles. The van der Waals surface area contributed by atoms with Crippen LogP contribution in [0.25, 0.3) is 0 Å². The Morgan fingerprint density at radius 2 is 2.18 bits per heavy atom. The van der Waals surface area contributed by atoms with Gasteiger partial charge >= 0.3 is 0 Å². The third-order valence-corrected chi connectivity index (χ3v) is 3.35. The second-order valence-electron chi connectivity index (χ2n) is 3.99. The molecule has 0 amide bonds. The zero-order valence-corrected chi connectivity index (χ0v) is 11.0. The molecule has 0 spiro atoms. The first-order chi connectivity index (χ1) is 8.08. The number of furan rings is 1. The number of hydrogen-bond donors (Lipinski definition) is 1. The summed E-state index contributed by atoms with van der Waals surface area (Å²) in [6.07, 6.45) is 2.28. The van der Waals surface area contributed by atoms with E-state index in [1.165, 1.54) is 6.07 Å². The molecule has 1 unspecified atom stereocenters. The summed E-state index contributed by atoms with van der Waals surface area (Å²) < 4.78 is 18.8. The van der Waals surface area contributed by atoms with Crippen LogP contribution in [0.15, 0.2) is 39.4 Å². The van der Waals surface area contributed by atoms with Crippen molar-refractivity contribution >= 4 is 15.9 Å². The first-order valence-corrected chi connectivity index (χ1v) is 6.10. The van der Waals surface area contributed by atoms with Gasteiger partial charge in [-0.15, -0.1) is 0 Å². The second kappa shape index (κ2) is 5.02. The molecule has 2 rings (SSSR count). The van der Waals surface area contributed by atoms with Crippen molar-refractivity contribution < 1.29 is 8.81 Å². The van der Waals surface area contributed by atoms with Gasteiger partial charge in [0.2, 0.25) is 0 Å². The predicted octanol–water partition coefficient (Wildman–Crippen LogP) is 3.73. The van der Waals surface area contributed by atoms with Gasteiger partial charge in [0.1, 0.15) is 11.6 Å². The molecule has 0 saturated carbocycles. The van der Waals surface area contributed by atoms with E-state index in [1.807, 2.05) is 13.0 Å². The van der Waals surface area contributed by atoms with E-state index in [4.69, 9.17) is 10.2 Å². The fraction of sp³-hybridized carbons (Fsp3) is 0.231. The van der Waals surface area contributed by atoms with E-state index in [9.17, 15) is 4.39 Å². The lowest BCUT2D eigenvalue weighted by Crippen LogP contribution is -2.13. The lowest BCUT2D eigenvalue weighted by Gasteiger charge is -2.11. The Balaban J connectivity index is 2.16. The van der Waals surface area contributed by atoms with Crippen LogP contribution in [0.4, 0.5) is 4.39 Å². The van der Waals surface area contributed by atoms with Crippen LogP contribution < -0.4 is 5.73 Å². The molecule has 0 aliphatic rings. The van der Waals surface area contributed by atoms with Crippen LogP contribution >= 0.6 is 15.9 Å². The quantitative estimate of drug-likeness (QED) is 0.937. The summed E-state index contributed by atoms with van der Waals surface area (Å²) in [7, 11) is 0. The first-order valence-electron chi connectivity index (χ1n) is 5.31. The zero-order valence-electron chi connectivity index (χ0n) is 9.41. The highest BCUT2D eigenvalue weighted by atomic mass is 79.9. The van der Waals surface area contributed by atoms with Gasteiger partial charge < -0.3 is 10.2 Å². The average Bonchev–Trinajstić information content (AvgIpc) is 2.70. The topological polar surface area (TPSA) is 39.2 Å². The van der Waals surface area contributed by atoms with E-state index in [-0.39, 0.29) is 11.9 Å². The lowest BCUT2D eigenvalue weighted by molar-refractivity contribution is 0.523. The largest absolute Gasteiger partial charge is 0.469 e. The molecule has 0 fully saturated rings. The predicted molar refractivity (Wildman–Crippen MR) is 68.2 cm³/mol. The molecule has 2 aromatic rings. The maximum Gasteiger partial charge on any atom is 0.137 e. The highest BCUT2D eigenvalue weighted by Crippen LogP contribution is 2.23. The maximum absolute atomic E-state index is 13.1. The van der Waals surface area contributed by atoms with E-state index in [0.717, 1.165) is 16.9 Å². The van der Waals surface area contributed by atoms with E-state index >= 15 is 0 Å². The Bertz CT molecular complexity index is 524. The molecular weight excluding hydrogens is 285 g/mol. The van der Waals surface area contributed by atoms with Crippen LogP contribution in [-0.4, -0.2) is 0 Å². The number of aryl methyl sites for hydroxylation is 1. The molecule has 1 atom stereocenters. The van der Waals surface area contributed by atoms with Gasteiger partial charge in [-0.3, -0.25) is 0 Å². The molecule has 1 heterocycles. The number of halogens is 2. The molecule has 90 valence electrons. The summed E-state index contributed by atoms with van der Waals surface area (Å²) in [6.45, 7) is 1.88. The van der Waals surface area contributed by atoms with Gasteiger partial charge in [0.05, 0.1) is 10.7 Å². The van der Waals surface area contributed by atoms with Crippen molar-refractivity contribution in [2.45, 2.75) is 19.4 Å². The van der Waals surface area contributed by atoms with Crippen LogP contribution in [0.3, 0.4) is 0 Å². The number of rotatable bonds is 3. The highest BCUT2D eigenvalue weighted by molar-refractivity contribution is 9.10. The van der Waals surface area contributed by atoms with Gasteiger partial charge in [-0.05, 0) is 53.0 Å². The Morgan fingerprint density at radius 3 is 2.76 bits per heavy atom. The fourth-order valence-corrected chi connectivity index (χ4v) is 2.24. The van der Waals surface area contributed by atoms with Crippen molar-refractivity contribution in [3.8, 4) is 0 Å². The third kappa shape index (κ3) is 2.76. The average molecular weight is 298 g/mol. The lowest BCUT2D eigenvalue weighted by atomic mass is 10.0. The molecule has 1 aromatic heterocycles.